The third-order valence-electron chi connectivity index (χ3n) is 1.49. The van der Waals surface area contributed by atoms with Crippen LogP contribution in [0.2, 0.25) is 5.02 Å². The Morgan fingerprint density at radius 3 is 2.05 bits per heavy atom. The van der Waals surface area contributed by atoms with E-state index in [0.29, 0.717) is 10.6 Å². The van der Waals surface area contributed by atoms with Crippen molar-refractivity contribution in [2.75, 3.05) is 0 Å². The second-order valence-electron chi connectivity index (χ2n) is 2.61. The van der Waals surface area contributed by atoms with Gasteiger partial charge in [-0.15, -0.1) is 0 Å². The third-order valence-corrected chi connectivity index (χ3v) is 1.74. The number of halogens is 1. The van der Waals surface area contributed by atoms with Gasteiger partial charge in [-0.05, 0) is 24.3 Å². The molecule has 1 rings (SSSR count). The smallest absolute Gasteiger partial charge is 0.332 e. The second-order valence-corrected chi connectivity index (χ2v) is 3.04. The molecule has 0 bridgehead atoms. The number of carbonyl (C=O) groups is 2. The molecule has 3 N–H and O–H groups in total. The summed E-state index contributed by atoms with van der Waals surface area (Å²) in [4.78, 5) is 21.6. The average Bonchev–Trinajstić information content (AvgIpc) is 2.43. The van der Waals surface area contributed by atoms with E-state index in [-0.39, 0.29) is 5.78 Å². The van der Waals surface area contributed by atoms with Gasteiger partial charge in [-0.25, -0.2) is 10.2 Å². The van der Waals surface area contributed by atoms with Crippen molar-refractivity contribution in [1.29, 1.82) is 0 Å². The van der Waals surface area contributed by atoms with Crippen molar-refractivity contribution in [2.24, 2.45) is 10.8 Å². The summed E-state index contributed by atoms with van der Waals surface area (Å²) in [5, 5.41) is 3.88. The van der Waals surface area contributed by atoms with Gasteiger partial charge in [-0.3, -0.25) is 4.79 Å². The molecule has 2 amide bonds. The zero-order valence-electron chi connectivity index (χ0n) is 11.6. The molecule has 5 nitrogen and oxygen atoms in total. The van der Waals surface area contributed by atoms with Gasteiger partial charge in [0.1, 0.15) is 0 Å². The van der Waals surface area contributed by atoms with Crippen LogP contribution in [-0.4, -0.2) is 18.0 Å². The van der Waals surface area contributed by atoms with Crippen LogP contribution in [0.4, 0.5) is 4.79 Å². The Kier molecular flexibility index (Phi) is 12.9. The Morgan fingerprint density at radius 1 is 1.16 bits per heavy atom. The fourth-order valence-corrected chi connectivity index (χ4v) is 0.969. The summed E-state index contributed by atoms with van der Waals surface area (Å²) in [5.41, 5.74) is 7.09. The first-order chi connectivity index (χ1) is 9.09. The van der Waals surface area contributed by atoms with Crippen molar-refractivity contribution in [3.05, 3.63) is 34.9 Å². The summed E-state index contributed by atoms with van der Waals surface area (Å²) in [6.07, 6.45) is 0.966. The molecule has 0 saturated heterocycles. The molecular weight excluding hydrogens is 266 g/mol. The lowest BCUT2D eigenvalue weighted by Crippen LogP contribution is -2.24. The molecule has 106 valence electrons. The van der Waals surface area contributed by atoms with Gasteiger partial charge >= 0.3 is 6.03 Å². The first-order valence-corrected chi connectivity index (χ1v) is 6.36. The molecule has 0 aromatic heterocycles. The zero-order chi connectivity index (χ0) is 15.3. The summed E-state index contributed by atoms with van der Waals surface area (Å²) < 4.78 is 0. The Morgan fingerprint density at radius 2 is 1.63 bits per heavy atom. The van der Waals surface area contributed by atoms with Crippen LogP contribution in [0.1, 0.15) is 38.1 Å². The van der Waals surface area contributed by atoms with Gasteiger partial charge in [0.25, 0.3) is 0 Å². The number of Topliss-reactive ketones (excluding diaryl/α,β-unsaturated/α-hetero) is 1. The van der Waals surface area contributed by atoms with Gasteiger partial charge in [-0.2, -0.15) is 5.10 Å². The number of benzene rings is 1. The summed E-state index contributed by atoms with van der Waals surface area (Å²) in [6, 6.07) is 5.46. The van der Waals surface area contributed by atoms with E-state index < -0.39 is 6.03 Å². The normalized spacial score (nSPS) is 8.68. The highest BCUT2D eigenvalue weighted by Crippen LogP contribution is 2.09. The van der Waals surface area contributed by atoms with Crippen molar-refractivity contribution in [2.45, 2.75) is 27.7 Å². The number of primary amides is 1. The maximum atomic E-state index is 11.4. The maximum Gasteiger partial charge on any atom is 0.332 e. The fraction of sp³-hybridized carbons (Fsp3) is 0.308. The highest BCUT2D eigenvalue weighted by molar-refractivity contribution is 6.36. The number of urea groups is 1. The maximum absolute atomic E-state index is 11.4. The van der Waals surface area contributed by atoms with Crippen LogP contribution >= 0.6 is 11.6 Å². The molecule has 0 aliphatic rings. The Labute approximate surface area is 118 Å². The predicted octanol–water partition coefficient (Wildman–Crippen LogP) is 3.23. The van der Waals surface area contributed by atoms with Crippen molar-refractivity contribution in [1.82, 2.24) is 5.43 Å². The molecule has 0 saturated carbocycles. The number of hydrogen-bond donors (Lipinski definition) is 2. The van der Waals surface area contributed by atoms with Crippen molar-refractivity contribution >= 4 is 29.6 Å². The number of amides is 2. The van der Waals surface area contributed by atoms with E-state index in [4.69, 9.17) is 17.3 Å². The number of nitrogens with two attached hydrogens (primary N) is 1. The minimum Gasteiger partial charge on any atom is -0.350 e. The highest BCUT2D eigenvalue weighted by Gasteiger charge is 2.01. The second kappa shape index (κ2) is 12.6. The minimum atomic E-state index is -0.824. The number of nitrogens with zero attached hydrogens (tertiary/aromatic N) is 1. The van der Waals surface area contributed by atoms with Gasteiger partial charge in [0.2, 0.25) is 5.78 Å². The van der Waals surface area contributed by atoms with Crippen LogP contribution in [0.25, 0.3) is 0 Å². The fourth-order valence-electron chi connectivity index (χ4n) is 0.843. The monoisotopic (exact) mass is 285 g/mol. The first kappa shape index (κ1) is 19.5. The SMILES string of the molecule is CC.CC.NC(=O)N/N=C/C(=O)c1ccc(Cl)cc1. The molecular formula is C13H20ClN3O2. The zero-order valence-corrected chi connectivity index (χ0v) is 12.4. The summed E-state index contributed by atoms with van der Waals surface area (Å²) in [6.45, 7) is 8.00. The Balaban J connectivity index is 0. The molecule has 19 heavy (non-hydrogen) atoms. The number of carbonyl (C=O) groups excluding carboxylic acids is 2. The predicted molar refractivity (Wildman–Crippen MR) is 79.7 cm³/mol. The number of ketones is 1. The van der Waals surface area contributed by atoms with Crippen LogP contribution < -0.4 is 11.2 Å². The molecule has 6 heteroatoms. The lowest BCUT2D eigenvalue weighted by atomic mass is 10.1. The molecule has 0 aliphatic heterocycles. The van der Waals surface area contributed by atoms with Gasteiger partial charge < -0.3 is 5.73 Å². The van der Waals surface area contributed by atoms with Gasteiger partial charge in [0.05, 0.1) is 6.21 Å². The van der Waals surface area contributed by atoms with E-state index in [0.717, 1.165) is 6.21 Å². The highest BCUT2D eigenvalue weighted by atomic mass is 35.5. The molecule has 0 unspecified atom stereocenters. The van der Waals surface area contributed by atoms with Crippen molar-refractivity contribution < 1.29 is 9.59 Å². The lowest BCUT2D eigenvalue weighted by Gasteiger charge is -1.95. The quantitative estimate of drug-likeness (QED) is 0.507. The van der Waals surface area contributed by atoms with E-state index in [9.17, 15) is 9.59 Å². The Hall–Kier alpha value is -1.88. The summed E-state index contributed by atoms with van der Waals surface area (Å²) in [7, 11) is 0. The van der Waals surface area contributed by atoms with E-state index in [1.807, 2.05) is 33.1 Å². The van der Waals surface area contributed by atoms with Crippen molar-refractivity contribution in [3.8, 4) is 0 Å². The summed E-state index contributed by atoms with van der Waals surface area (Å²) in [5.74, 6) is -0.347. The topological polar surface area (TPSA) is 84.6 Å². The molecule has 0 spiro atoms. The molecule has 0 aliphatic carbocycles. The molecule has 1 aromatic rings. The van der Waals surface area contributed by atoms with Crippen LogP contribution in [0.15, 0.2) is 29.4 Å². The largest absolute Gasteiger partial charge is 0.350 e. The van der Waals surface area contributed by atoms with E-state index in [2.05, 4.69) is 5.10 Å². The molecule has 0 radical (unpaired) electrons. The number of nitrogens with one attached hydrogen (secondary N) is 1. The van der Waals surface area contributed by atoms with E-state index in [1.54, 1.807) is 24.3 Å². The van der Waals surface area contributed by atoms with Crippen LogP contribution in [0.5, 0.6) is 0 Å². The molecule has 0 fully saturated rings. The summed E-state index contributed by atoms with van der Waals surface area (Å²) >= 11 is 5.64. The number of hydrazone groups is 1. The van der Waals surface area contributed by atoms with Crippen molar-refractivity contribution in [3.63, 3.8) is 0 Å². The molecule has 0 atom stereocenters. The van der Waals surface area contributed by atoms with Gasteiger partial charge in [0, 0.05) is 10.6 Å². The molecule has 0 heterocycles. The molecule has 1 aromatic carbocycles. The minimum absolute atomic E-state index is 0.347. The van der Waals surface area contributed by atoms with Gasteiger partial charge in [0.15, 0.2) is 0 Å². The third kappa shape index (κ3) is 9.79. The van der Waals surface area contributed by atoms with Crippen LogP contribution in [0.3, 0.4) is 0 Å². The Bertz CT molecular complexity index is 403. The standard InChI is InChI=1S/C9H8ClN3O2.2C2H6/c10-7-3-1-6(2-4-7)8(14)5-12-13-9(11)15;2*1-2/h1-5H,(H3,11,13,15);2*1-2H3/b12-5+;;. The lowest BCUT2D eigenvalue weighted by molar-refractivity contribution is 0.107. The number of hydrogen-bond acceptors (Lipinski definition) is 3. The van der Waals surface area contributed by atoms with Crippen LogP contribution in [-0.2, 0) is 0 Å². The van der Waals surface area contributed by atoms with Crippen LogP contribution in [0, 0.1) is 0 Å². The van der Waals surface area contributed by atoms with Gasteiger partial charge in [-0.1, -0.05) is 39.3 Å². The van der Waals surface area contributed by atoms with E-state index >= 15 is 0 Å². The number of rotatable bonds is 3. The average molecular weight is 286 g/mol. The van der Waals surface area contributed by atoms with E-state index in [1.165, 1.54) is 0 Å². The first-order valence-electron chi connectivity index (χ1n) is 5.98.